The maximum Gasteiger partial charge on any atom is 0.104 e. The molecule has 2 nitrogen and oxygen atoms in total. The molecule has 0 aromatic carbocycles. The third kappa shape index (κ3) is 2.18. The van der Waals surface area contributed by atoms with E-state index in [1.54, 1.807) is 0 Å². The molecule has 0 amide bonds. The van der Waals surface area contributed by atoms with Gasteiger partial charge in [0, 0.05) is 12.5 Å². The Kier molecular flexibility index (Phi) is 2.92. The van der Waals surface area contributed by atoms with Crippen LogP contribution in [0.4, 0.5) is 0 Å². The van der Waals surface area contributed by atoms with E-state index in [9.17, 15) is 0 Å². The first-order chi connectivity index (χ1) is 6.75. The van der Waals surface area contributed by atoms with E-state index in [0.717, 1.165) is 17.9 Å². The van der Waals surface area contributed by atoms with Crippen LogP contribution in [0.2, 0.25) is 0 Å². The second kappa shape index (κ2) is 4.18. The summed E-state index contributed by atoms with van der Waals surface area (Å²) in [5.41, 5.74) is 0. The number of hydrogen-bond acceptors (Lipinski definition) is 2. The van der Waals surface area contributed by atoms with Crippen molar-refractivity contribution < 1.29 is 4.42 Å². The quantitative estimate of drug-likeness (QED) is 0.798. The van der Waals surface area contributed by atoms with Gasteiger partial charge in [-0.05, 0) is 44.4 Å². The lowest BCUT2D eigenvalue weighted by molar-refractivity contribution is 0.376. The molecule has 1 fully saturated rings. The van der Waals surface area contributed by atoms with Gasteiger partial charge in [0.15, 0.2) is 0 Å². The summed E-state index contributed by atoms with van der Waals surface area (Å²) in [7, 11) is 0. The molecule has 0 saturated carbocycles. The molecule has 0 aliphatic carbocycles. The molecule has 1 aliphatic heterocycles. The number of nitrogens with one attached hydrogen (secondary N) is 1. The van der Waals surface area contributed by atoms with Crippen LogP contribution >= 0.6 is 0 Å². The average molecular weight is 193 g/mol. The van der Waals surface area contributed by atoms with Crippen LogP contribution in [0.3, 0.4) is 0 Å². The lowest BCUT2D eigenvalue weighted by Gasteiger charge is -2.17. The van der Waals surface area contributed by atoms with Crippen LogP contribution in [0.15, 0.2) is 16.5 Å². The van der Waals surface area contributed by atoms with Gasteiger partial charge >= 0.3 is 0 Å². The third-order valence-corrected chi connectivity index (χ3v) is 3.10. The Morgan fingerprint density at radius 3 is 3.00 bits per heavy atom. The lowest BCUT2D eigenvalue weighted by Crippen LogP contribution is -2.29. The van der Waals surface area contributed by atoms with Gasteiger partial charge in [0.2, 0.25) is 0 Å². The normalized spacial score (nSPS) is 24.0. The summed E-state index contributed by atoms with van der Waals surface area (Å²) < 4.78 is 5.59. The van der Waals surface area contributed by atoms with E-state index < -0.39 is 0 Å². The van der Waals surface area contributed by atoms with Crippen molar-refractivity contribution in [3.05, 3.63) is 23.7 Å². The molecule has 14 heavy (non-hydrogen) atoms. The molecule has 2 heterocycles. The Hall–Kier alpha value is -0.760. The first-order valence-electron chi connectivity index (χ1n) is 5.54. The standard InChI is InChI=1S/C12H19NO/c1-9(12-4-3-7-13-12)8-11-6-5-10(2)14-11/h5-6,9,12-13H,3-4,7-8H2,1-2H3. The van der Waals surface area contributed by atoms with E-state index in [0.29, 0.717) is 12.0 Å². The van der Waals surface area contributed by atoms with Gasteiger partial charge in [-0.3, -0.25) is 0 Å². The highest BCUT2D eigenvalue weighted by Gasteiger charge is 2.21. The van der Waals surface area contributed by atoms with Crippen molar-refractivity contribution in [2.24, 2.45) is 5.92 Å². The summed E-state index contributed by atoms with van der Waals surface area (Å²) >= 11 is 0. The second-order valence-electron chi connectivity index (χ2n) is 4.40. The molecule has 1 saturated heterocycles. The molecule has 2 atom stereocenters. The van der Waals surface area contributed by atoms with E-state index in [1.165, 1.54) is 19.4 Å². The second-order valence-corrected chi connectivity index (χ2v) is 4.40. The Morgan fingerprint density at radius 1 is 1.57 bits per heavy atom. The maximum atomic E-state index is 5.59. The zero-order valence-electron chi connectivity index (χ0n) is 9.05. The van der Waals surface area contributed by atoms with Crippen molar-refractivity contribution in [3.63, 3.8) is 0 Å². The van der Waals surface area contributed by atoms with Crippen LogP contribution in [-0.2, 0) is 6.42 Å². The molecule has 1 aromatic rings. The van der Waals surface area contributed by atoms with Crippen LogP contribution in [0.1, 0.15) is 31.3 Å². The Balaban J connectivity index is 1.90. The molecule has 0 bridgehead atoms. The average Bonchev–Trinajstić information content (AvgIpc) is 2.75. The summed E-state index contributed by atoms with van der Waals surface area (Å²) in [5.74, 6) is 2.83. The van der Waals surface area contributed by atoms with E-state index in [-0.39, 0.29) is 0 Å². The summed E-state index contributed by atoms with van der Waals surface area (Å²) in [4.78, 5) is 0. The van der Waals surface area contributed by atoms with Crippen LogP contribution in [0, 0.1) is 12.8 Å². The van der Waals surface area contributed by atoms with Gasteiger partial charge in [0.1, 0.15) is 11.5 Å². The molecular formula is C12H19NO. The summed E-state index contributed by atoms with van der Waals surface area (Å²) in [6.07, 6.45) is 3.71. The van der Waals surface area contributed by atoms with Crippen LogP contribution < -0.4 is 5.32 Å². The fourth-order valence-corrected chi connectivity index (χ4v) is 2.25. The van der Waals surface area contributed by atoms with Crippen LogP contribution in [0.5, 0.6) is 0 Å². The van der Waals surface area contributed by atoms with Gasteiger partial charge in [-0.1, -0.05) is 6.92 Å². The highest BCUT2D eigenvalue weighted by molar-refractivity contribution is 5.06. The largest absolute Gasteiger partial charge is 0.466 e. The van der Waals surface area contributed by atoms with Crippen LogP contribution in [-0.4, -0.2) is 12.6 Å². The molecule has 2 rings (SSSR count). The molecule has 2 unspecified atom stereocenters. The highest BCUT2D eigenvalue weighted by Crippen LogP contribution is 2.19. The van der Waals surface area contributed by atoms with Gasteiger partial charge in [-0.15, -0.1) is 0 Å². The van der Waals surface area contributed by atoms with Gasteiger partial charge in [0.05, 0.1) is 0 Å². The predicted molar refractivity (Wildman–Crippen MR) is 57.3 cm³/mol. The van der Waals surface area contributed by atoms with E-state index >= 15 is 0 Å². The van der Waals surface area contributed by atoms with Crippen molar-refractivity contribution in [1.82, 2.24) is 5.32 Å². The fraction of sp³-hybridized carbons (Fsp3) is 0.667. The minimum atomic E-state index is 0.683. The topological polar surface area (TPSA) is 25.2 Å². The number of rotatable bonds is 3. The molecule has 0 spiro atoms. The minimum absolute atomic E-state index is 0.683. The van der Waals surface area contributed by atoms with Crippen molar-refractivity contribution >= 4 is 0 Å². The Labute approximate surface area is 85.7 Å². The Bertz CT molecular complexity index is 286. The number of furan rings is 1. The smallest absolute Gasteiger partial charge is 0.104 e. The highest BCUT2D eigenvalue weighted by atomic mass is 16.3. The van der Waals surface area contributed by atoms with Crippen molar-refractivity contribution in [1.29, 1.82) is 0 Å². The molecule has 2 heteroatoms. The van der Waals surface area contributed by atoms with Gasteiger partial charge in [-0.2, -0.15) is 0 Å². The number of hydrogen-bond donors (Lipinski definition) is 1. The van der Waals surface area contributed by atoms with E-state index in [2.05, 4.69) is 18.3 Å². The van der Waals surface area contributed by atoms with Crippen molar-refractivity contribution in [2.45, 2.75) is 39.2 Å². The van der Waals surface area contributed by atoms with E-state index in [1.807, 2.05) is 13.0 Å². The van der Waals surface area contributed by atoms with E-state index in [4.69, 9.17) is 4.42 Å². The predicted octanol–water partition coefficient (Wildman–Crippen LogP) is 2.52. The van der Waals surface area contributed by atoms with Gasteiger partial charge < -0.3 is 9.73 Å². The summed E-state index contributed by atoms with van der Waals surface area (Å²) in [5, 5.41) is 3.54. The molecular weight excluding hydrogens is 174 g/mol. The molecule has 1 N–H and O–H groups in total. The van der Waals surface area contributed by atoms with Crippen molar-refractivity contribution in [2.75, 3.05) is 6.54 Å². The van der Waals surface area contributed by atoms with Crippen molar-refractivity contribution in [3.8, 4) is 0 Å². The van der Waals surface area contributed by atoms with Gasteiger partial charge in [-0.25, -0.2) is 0 Å². The monoisotopic (exact) mass is 193 g/mol. The zero-order chi connectivity index (χ0) is 9.97. The summed E-state index contributed by atoms with van der Waals surface area (Å²) in [6.45, 7) is 5.50. The Morgan fingerprint density at radius 2 is 2.43 bits per heavy atom. The minimum Gasteiger partial charge on any atom is -0.466 e. The van der Waals surface area contributed by atoms with Crippen LogP contribution in [0.25, 0.3) is 0 Å². The molecule has 0 radical (unpaired) electrons. The number of aryl methyl sites for hydroxylation is 1. The lowest BCUT2D eigenvalue weighted by atomic mass is 9.96. The molecule has 1 aliphatic rings. The third-order valence-electron chi connectivity index (χ3n) is 3.10. The summed E-state index contributed by atoms with van der Waals surface area (Å²) in [6, 6.07) is 4.84. The SMILES string of the molecule is Cc1ccc(CC(C)C2CCCN2)o1. The maximum absolute atomic E-state index is 5.59. The molecule has 78 valence electrons. The first kappa shape index (κ1) is 9.78. The molecule has 1 aromatic heterocycles. The first-order valence-corrected chi connectivity index (χ1v) is 5.54. The fourth-order valence-electron chi connectivity index (χ4n) is 2.25. The zero-order valence-corrected chi connectivity index (χ0v) is 9.05. The van der Waals surface area contributed by atoms with Gasteiger partial charge in [0.25, 0.3) is 0 Å².